The molecule has 0 atom stereocenters. The molecule has 2 aromatic rings. The number of hydrogen-bond acceptors (Lipinski definition) is 3. The van der Waals surface area contributed by atoms with Gasteiger partial charge in [-0.05, 0) is 24.6 Å². The van der Waals surface area contributed by atoms with E-state index in [0.717, 1.165) is 11.3 Å². The summed E-state index contributed by atoms with van der Waals surface area (Å²) in [6.45, 7) is 1.92. The van der Waals surface area contributed by atoms with Gasteiger partial charge >= 0.3 is 0 Å². The van der Waals surface area contributed by atoms with Gasteiger partial charge in [-0.15, -0.1) is 0 Å². The number of anilines is 2. The van der Waals surface area contributed by atoms with Crippen LogP contribution in [0.15, 0.2) is 36.5 Å². The third-order valence-electron chi connectivity index (χ3n) is 2.54. The van der Waals surface area contributed by atoms with Gasteiger partial charge < -0.3 is 11.1 Å². The van der Waals surface area contributed by atoms with E-state index in [1.807, 2.05) is 31.2 Å². The molecule has 0 aliphatic carbocycles. The van der Waals surface area contributed by atoms with E-state index in [1.165, 1.54) is 12.3 Å². The van der Waals surface area contributed by atoms with Gasteiger partial charge in [0.25, 0.3) is 5.91 Å². The molecule has 0 radical (unpaired) electrons. The lowest BCUT2D eigenvalue weighted by Crippen LogP contribution is -2.15. The quantitative estimate of drug-likeness (QED) is 0.817. The van der Waals surface area contributed by atoms with Crippen molar-refractivity contribution in [2.24, 2.45) is 0 Å². The van der Waals surface area contributed by atoms with Crippen molar-refractivity contribution < 1.29 is 4.79 Å². The van der Waals surface area contributed by atoms with E-state index in [0.29, 0.717) is 11.3 Å². The van der Waals surface area contributed by atoms with Gasteiger partial charge in [-0.2, -0.15) is 0 Å². The number of aromatic nitrogens is 1. The lowest BCUT2D eigenvalue weighted by Gasteiger charge is -2.09. The first kappa shape index (κ1) is 12.4. The van der Waals surface area contributed by atoms with E-state index in [1.54, 1.807) is 0 Å². The second-order valence-corrected chi connectivity index (χ2v) is 4.25. The Balaban J connectivity index is 2.28. The molecule has 0 bridgehead atoms. The lowest BCUT2D eigenvalue weighted by atomic mass is 10.1. The zero-order valence-electron chi connectivity index (χ0n) is 9.77. The number of hydrogen-bond donors (Lipinski definition) is 2. The summed E-state index contributed by atoms with van der Waals surface area (Å²) in [5, 5.41) is 3.02. The van der Waals surface area contributed by atoms with Crippen molar-refractivity contribution in [2.45, 2.75) is 6.92 Å². The average Bonchev–Trinajstić information content (AvgIpc) is 2.35. The summed E-state index contributed by atoms with van der Waals surface area (Å²) in [6, 6.07) is 8.95. The Morgan fingerprint density at radius 2 is 2.11 bits per heavy atom. The summed E-state index contributed by atoms with van der Waals surface area (Å²) >= 11 is 5.75. The maximum atomic E-state index is 12.1. The number of halogens is 1. The van der Waals surface area contributed by atoms with Crippen molar-refractivity contribution in [1.82, 2.24) is 4.98 Å². The molecule has 1 aromatic heterocycles. The molecule has 1 amide bonds. The Morgan fingerprint density at radius 3 is 2.83 bits per heavy atom. The van der Waals surface area contributed by atoms with Gasteiger partial charge in [-0.1, -0.05) is 29.8 Å². The van der Waals surface area contributed by atoms with E-state index in [2.05, 4.69) is 10.3 Å². The fourth-order valence-electron chi connectivity index (χ4n) is 1.54. The van der Waals surface area contributed by atoms with Crippen LogP contribution in [0.2, 0.25) is 5.15 Å². The highest BCUT2D eigenvalue weighted by molar-refractivity contribution is 6.30. The van der Waals surface area contributed by atoms with Crippen LogP contribution in [0.4, 0.5) is 11.4 Å². The highest BCUT2D eigenvalue weighted by atomic mass is 35.5. The van der Waals surface area contributed by atoms with Crippen LogP contribution in [0.5, 0.6) is 0 Å². The van der Waals surface area contributed by atoms with Gasteiger partial charge in [0.05, 0.1) is 17.4 Å². The van der Waals surface area contributed by atoms with Gasteiger partial charge in [-0.3, -0.25) is 4.79 Å². The molecule has 92 valence electrons. The van der Waals surface area contributed by atoms with E-state index >= 15 is 0 Å². The van der Waals surface area contributed by atoms with Gasteiger partial charge in [-0.25, -0.2) is 4.98 Å². The van der Waals surface area contributed by atoms with Crippen LogP contribution in [0, 0.1) is 6.92 Å². The number of amides is 1. The van der Waals surface area contributed by atoms with E-state index in [4.69, 9.17) is 17.3 Å². The Hall–Kier alpha value is -2.07. The van der Waals surface area contributed by atoms with Gasteiger partial charge in [0, 0.05) is 5.69 Å². The highest BCUT2D eigenvalue weighted by Crippen LogP contribution is 2.19. The standard InChI is InChI=1S/C13H12ClN3O/c1-8-4-2-3-5-11(8)17-13(18)9-6-12(14)16-7-10(9)15/h2-7H,15H2,1H3,(H,17,18). The fraction of sp³-hybridized carbons (Fsp3) is 0.0769. The maximum Gasteiger partial charge on any atom is 0.257 e. The molecule has 0 spiro atoms. The summed E-state index contributed by atoms with van der Waals surface area (Å²) in [5.74, 6) is -0.300. The largest absolute Gasteiger partial charge is 0.397 e. The van der Waals surface area contributed by atoms with E-state index < -0.39 is 0 Å². The number of nitrogens with one attached hydrogen (secondary N) is 1. The van der Waals surface area contributed by atoms with Gasteiger partial charge in [0.15, 0.2) is 0 Å². The third kappa shape index (κ3) is 2.60. The molecular weight excluding hydrogens is 250 g/mol. The number of rotatable bonds is 2. The van der Waals surface area contributed by atoms with Gasteiger partial charge in [0.2, 0.25) is 0 Å². The van der Waals surface area contributed by atoms with Crippen LogP contribution >= 0.6 is 11.6 Å². The Labute approximate surface area is 110 Å². The Kier molecular flexibility index (Phi) is 3.48. The zero-order chi connectivity index (χ0) is 13.1. The molecule has 3 N–H and O–H groups in total. The van der Waals surface area contributed by atoms with Crippen LogP contribution in [0.1, 0.15) is 15.9 Å². The summed E-state index contributed by atoms with van der Waals surface area (Å²) in [6.07, 6.45) is 1.37. The van der Waals surface area contributed by atoms with Crippen molar-refractivity contribution in [3.05, 3.63) is 52.8 Å². The number of nitrogens with zero attached hydrogens (tertiary/aromatic N) is 1. The minimum absolute atomic E-state index is 0.235. The predicted octanol–water partition coefficient (Wildman–Crippen LogP) is 2.88. The molecule has 4 nitrogen and oxygen atoms in total. The number of benzene rings is 1. The zero-order valence-corrected chi connectivity index (χ0v) is 10.5. The first-order chi connectivity index (χ1) is 8.58. The second kappa shape index (κ2) is 5.06. The summed E-state index contributed by atoms with van der Waals surface area (Å²) < 4.78 is 0. The molecule has 0 unspecified atom stereocenters. The molecule has 5 heteroatoms. The molecule has 0 saturated heterocycles. The number of nitrogen functional groups attached to an aromatic ring is 1. The number of pyridine rings is 1. The molecular formula is C13H12ClN3O. The topological polar surface area (TPSA) is 68.0 Å². The first-order valence-corrected chi connectivity index (χ1v) is 5.73. The number of para-hydroxylation sites is 1. The third-order valence-corrected chi connectivity index (χ3v) is 2.75. The van der Waals surface area contributed by atoms with Crippen LogP contribution in [-0.2, 0) is 0 Å². The van der Waals surface area contributed by atoms with Crippen molar-refractivity contribution in [3.8, 4) is 0 Å². The fourth-order valence-corrected chi connectivity index (χ4v) is 1.70. The number of nitrogens with two attached hydrogens (primary N) is 1. The molecule has 0 fully saturated rings. The maximum absolute atomic E-state index is 12.1. The SMILES string of the molecule is Cc1ccccc1NC(=O)c1cc(Cl)ncc1N. The van der Waals surface area contributed by atoms with E-state index in [-0.39, 0.29) is 11.1 Å². The van der Waals surface area contributed by atoms with Crippen LogP contribution in [0.3, 0.4) is 0 Å². The van der Waals surface area contributed by atoms with Crippen LogP contribution in [-0.4, -0.2) is 10.9 Å². The highest BCUT2D eigenvalue weighted by Gasteiger charge is 2.12. The Bertz CT molecular complexity index is 599. The second-order valence-electron chi connectivity index (χ2n) is 3.86. The minimum Gasteiger partial charge on any atom is -0.397 e. The van der Waals surface area contributed by atoms with Crippen LogP contribution < -0.4 is 11.1 Å². The predicted molar refractivity (Wildman–Crippen MR) is 72.8 cm³/mol. The van der Waals surface area contributed by atoms with Crippen molar-refractivity contribution in [1.29, 1.82) is 0 Å². The van der Waals surface area contributed by atoms with Gasteiger partial charge in [0.1, 0.15) is 5.15 Å². The average molecular weight is 262 g/mol. The van der Waals surface area contributed by atoms with Crippen molar-refractivity contribution >= 4 is 28.9 Å². The van der Waals surface area contributed by atoms with Crippen LogP contribution in [0.25, 0.3) is 0 Å². The Morgan fingerprint density at radius 1 is 1.39 bits per heavy atom. The molecule has 0 saturated carbocycles. The number of aryl methyl sites for hydroxylation is 1. The molecule has 0 aliphatic rings. The molecule has 2 rings (SSSR count). The molecule has 1 heterocycles. The molecule has 0 aliphatic heterocycles. The summed E-state index contributed by atoms with van der Waals surface area (Å²) in [4.78, 5) is 15.9. The molecule has 18 heavy (non-hydrogen) atoms. The smallest absolute Gasteiger partial charge is 0.257 e. The lowest BCUT2D eigenvalue weighted by molar-refractivity contribution is 0.102. The molecule has 1 aromatic carbocycles. The number of carbonyl (C=O) groups excluding carboxylic acids is 1. The normalized spacial score (nSPS) is 10.1. The van der Waals surface area contributed by atoms with E-state index in [9.17, 15) is 4.79 Å². The van der Waals surface area contributed by atoms with Crippen molar-refractivity contribution in [3.63, 3.8) is 0 Å². The summed E-state index contributed by atoms with van der Waals surface area (Å²) in [7, 11) is 0. The summed E-state index contributed by atoms with van der Waals surface area (Å²) in [5.41, 5.74) is 8.04. The number of carbonyl (C=O) groups is 1. The monoisotopic (exact) mass is 261 g/mol. The minimum atomic E-state index is -0.300. The first-order valence-electron chi connectivity index (χ1n) is 5.36. The van der Waals surface area contributed by atoms with Crippen molar-refractivity contribution in [2.75, 3.05) is 11.1 Å².